The average Bonchev–Trinajstić information content (AvgIpc) is 2.72. The zero-order valence-electron chi connectivity index (χ0n) is 16.3. The molecule has 0 radical (unpaired) electrons. The Hall–Kier alpha value is -2.65. The topological polar surface area (TPSA) is 82.1 Å². The van der Waals surface area contributed by atoms with Crippen LogP contribution in [0.25, 0.3) is 0 Å². The van der Waals surface area contributed by atoms with Crippen LogP contribution in [0.3, 0.4) is 0 Å². The summed E-state index contributed by atoms with van der Waals surface area (Å²) in [6.45, 7) is 0.128. The Labute approximate surface area is 169 Å². The van der Waals surface area contributed by atoms with Crippen LogP contribution in [0.1, 0.15) is 23.6 Å². The van der Waals surface area contributed by atoms with Gasteiger partial charge in [0.05, 0.1) is 38.7 Å². The summed E-state index contributed by atoms with van der Waals surface area (Å²) < 4.78 is 56.8. The Balaban J connectivity index is 2.12. The summed E-state index contributed by atoms with van der Waals surface area (Å²) in [5.41, 5.74) is 1.47. The molecule has 29 heavy (non-hydrogen) atoms. The summed E-state index contributed by atoms with van der Waals surface area (Å²) in [6, 6.07) is 7.45. The van der Waals surface area contributed by atoms with E-state index in [1.165, 1.54) is 43.8 Å². The van der Waals surface area contributed by atoms with Crippen LogP contribution < -0.4 is 9.47 Å². The minimum absolute atomic E-state index is 0.128. The van der Waals surface area contributed by atoms with Crippen molar-refractivity contribution in [2.45, 2.75) is 23.8 Å². The first-order chi connectivity index (χ1) is 13.8. The van der Waals surface area contributed by atoms with E-state index in [-0.39, 0.29) is 17.9 Å². The van der Waals surface area contributed by atoms with Crippen LogP contribution in [0.15, 0.2) is 41.3 Å². The second kappa shape index (κ2) is 8.38. The minimum Gasteiger partial charge on any atom is -0.493 e. The lowest BCUT2D eigenvalue weighted by Gasteiger charge is -2.36. The maximum atomic E-state index is 13.7. The van der Waals surface area contributed by atoms with E-state index >= 15 is 0 Å². The van der Waals surface area contributed by atoms with Crippen LogP contribution in [-0.2, 0) is 26.0 Å². The lowest BCUT2D eigenvalue weighted by molar-refractivity contribution is -0.141. The molecule has 1 aliphatic rings. The number of halogens is 1. The maximum absolute atomic E-state index is 13.7. The largest absolute Gasteiger partial charge is 0.493 e. The number of hydrogen-bond acceptors (Lipinski definition) is 6. The van der Waals surface area contributed by atoms with Gasteiger partial charge < -0.3 is 14.2 Å². The van der Waals surface area contributed by atoms with Crippen molar-refractivity contribution >= 4 is 16.0 Å². The molecule has 0 aliphatic carbocycles. The lowest BCUT2D eigenvalue weighted by Crippen LogP contribution is -2.41. The van der Waals surface area contributed by atoms with Gasteiger partial charge in [0.1, 0.15) is 5.82 Å². The van der Waals surface area contributed by atoms with Crippen molar-refractivity contribution in [3.05, 3.63) is 53.3 Å². The minimum atomic E-state index is -4.05. The van der Waals surface area contributed by atoms with Crippen LogP contribution in [0.4, 0.5) is 4.39 Å². The fourth-order valence-electron chi connectivity index (χ4n) is 3.51. The van der Waals surface area contributed by atoms with Crippen LogP contribution in [0.2, 0.25) is 0 Å². The molecule has 0 aromatic heterocycles. The molecule has 2 aromatic carbocycles. The van der Waals surface area contributed by atoms with Gasteiger partial charge in [-0.2, -0.15) is 4.31 Å². The number of fused-ring (bicyclic) bond motifs is 1. The molecule has 0 saturated heterocycles. The average molecular weight is 423 g/mol. The first-order valence-corrected chi connectivity index (χ1v) is 10.3. The molecule has 0 unspecified atom stereocenters. The van der Waals surface area contributed by atoms with Crippen molar-refractivity contribution in [1.29, 1.82) is 0 Å². The summed E-state index contributed by atoms with van der Waals surface area (Å²) in [6.07, 6.45) is 0.218. The maximum Gasteiger partial charge on any atom is 0.307 e. The monoisotopic (exact) mass is 423 g/mol. The fraction of sp³-hybridized carbons (Fsp3) is 0.350. The first-order valence-electron chi connectivity index (χ1n) is 8.90. The number of nitrogens with zero attached hydrogens (tertiary/aromatic N) is 1. The molecular formula is C20H22FNO6S. The molecule has 0 spiro atoms. The van der Waals surface area contributed by atoms with Crippen molar-refractivity contribution < 1.29 is 31.8 Å². The molecule has 0 N–H and O–H groups in total. The smallest absolute Gasteiger partial charge is 0.307 e. The molecule has 3 rings (SSSR count). The number of esters is 1. The van der Waals surface area contributed by atoms with Crippen molar-refractivity contribution in [2.75, 3.05) is 27.9 Å². The SMILES string of the molecule is COC(=O)C[C@H]1c2cc(OC)c(OC)cc2CCN1S(=O)(=O)c1cccc(F)c1. The highest BCUT2D eigenvalue weighted by Crippen LogP contribution is 2.41. The van der Waals surface area contributed by atoms with Crippen molar-refractivity contribution in [2.24, 2.45) is 0 Å². The number of carbonyl (C=O) groups excluding carboxylic acids is 1. The van der Waals surface area contributed by atoms with Gasteiger partial charge in [-0.1, -0.05) is 6.07 Å². The third-order valence-corrected chi connectivity index (χ3v) is 6.85. The predicted octanol–water partition coefficient (Wildman–Crippen LogP) is 2.69. The van der Waals surface area contributed by atoms with E-state index in [1.807, 2.05) is 0 Å². The highest BCUT2D eigenvalue weighted by atomic mass is 32.2. The molecule has 1 heterocycles. The van der Waals surface area contributed by atoms with E-state index in [9.17, 15) is 17.6 Å². The molecule has 0 bridgehead atoms. The van der Waals surface area contributed by atoms with Crippen LogP contribution >= 0.6 is 0 Å². The van der Waals surface area contributed by atoms with Gasteiger partial charge in [0.2, 0.25) is 10.0 Å². The van der Waals surface area contributed by atoms with Crippen molar-refractivity contribution in [1.82, 2.24) is 4.31 Å². The lowest BCUT2D eigenvalue weighted by atomic mass is 9.91. The van der Waals surface area contributed by atoms with Gasteiger partial charge >= 0.3 is 5.97 Å². The second-order valence-corrected chi connectivity index (χ2v) is 8.42. The quantitative estimate of drug-likeness (QED) is 0.665. The Morgan fingerprint density at radius 2 is 1.83 bits per heavy atom. The molecule has 2 aromatic rings. The molecule has 0 amide bonds. The van der Waals surface area contributed by atoms with E-state index in [0.29, 0.717) is 23.5 Å². The Morgan fingerprint density at radius 1 is 1.14 bits per heavy atom. The first kappa shape index (κ1) is 21.1. The standard InChI is InChI=1S/C20H22FNO6S/c1-26-18-9-13-7-8-22(29(24,25)15-6-4-5-14(21)10-15)17(12-20(23)28-3)16(13)11-19(18)27-2/h4-6,9-11,17H,7-8,12H2,1-3H3/t17-/m0/s1. The molecule has 0 fully saturated rings. The van der Waals surface area contributed by atoms with Crippen LogP contribution in [0.5, 0.6) is 11.5 Å². The number of rotatable bonds is 6. The van der Waals surface area contributed by atoms with Gasteiger partial charge in [0.15, 0.2) is 11.5 Å². The molecule has 156 valence electrons. The van der Waals surface area contributed by atoms with Crippen LogP contribution in [0, 0.1) is 5.82 Å². The Morgan fingerprint density at radius 3 is 2.45 bits per heavy atom. The second-order valence-electron chi connectivity index (χ2n) is 6.53. The Bertz CT molecular complexity index is 1020. The molecule has 0 saturated carbocycles. The van der Waals surface area contributed by atoms with Crippen molar-refractivity contribution in [3.8, 4) is 11.5 Å². The molecular weight excluding hydrogens is 401 g/mol. The van der Waals surface area contributed by atoms with Crippen LogP contribution in [-0.4, -0.2) is 46.6 Å². The van der Waals surface area contributed by atoms with E-state index in [4.69, 9.17) is 14.2 Å². The van der Waals surface area contributed by atoms with E-state index < -0.39 is 27.9 Å². The normalized spacial score (nSPS) is 16.8. The Kier molecular flexibility index (Phi) is 6.09. The highest BCUT2D eigenvalue weighted by Gasteiger charge is 2.38. The summed E-state index contributed by atoms with van der Waals surface area (Å²) in [7, 11) is 0.180. The number of ether oxygens (including phenoxy) is 3. The van der Waals surface area contributed by atoms with Gasteiger partial charge in [-0.15, -0.1) is 0 Å². The zero-order valence-corrected chi connectivity index (χ0v) is 17.2. The number of carbonyl (C=O) groups is 1. The van der Waals surface area contributed by atoms with Gasteiger partial charge in [-0.3, -0.25) is 4.79 Å². The summed E-state index contributed by atoms with van der Waals surface area (Å²) in [5.74, 6) is -0.271. The van der Waals surface area contributed by atoms with Gasteiger partial charge in [-0.05, 0) is 47.9 Å². The summed E-state index contributed by atoms with van der Waals surface area (Å²) in [4.78, 5) is 11.9. The molecule has 1 aliphatic heterocycles. The van der Waals surface area contributed by atoms with Crippen molar-refractivity contribution in [3.63, 3.8) is 0 Å². The van der Waals surface area contributed by atoms with E-state index in [0.717, 1.165) is 11.6 Å². The zero-order chi connectivity index (χ0) is 21.2. The number of sulfonamides is 1. The van der Waals surface area contributed by atoms with E-state index in [2.05, 4.69) is 0 Å². The molecule has 1 atom stereocenters. The number of methoxy groups -OCH3 is 3. The highest BCUT2D eigenvalue weighted by molar-refractivity contribution is 7.89. The summed E-state index contributed by atoms with van der Waals surface area (Å²) in [5, 5.41) is 0. The van der Waals surface area contributed by atoms with Gasteiger partial charge in [-0.25, -0.2) is 12.8 Å². The number of hydrogen-bond donors (Lipinski definition) is 0. The van der Waals surface area contributed by atoms with Gasteiger partial charge in [0.25, 0.3) is 0 Å². The summed E-state index contributed by atoms with van der Waals surface area (Å²) >= 11 is 0. The molecule has 9 heteroatoms. The third kappa shape index (κ3) is 4.06. The van der Waals surface area contributed by atoms with Gasteiger partial charge in [0, 0.05) is 6.54 Å². The predicted molar refractivity (Wildman–Crippen MR) is 103 cm³/mol. The third-order valence-electron chi connectivity index (χ3n) is 4.94. The number of benzene rings is 2. The van der Waals surface area contributed by atoms with E-state index in [1.54, 1.807) is 12.1 Å². The fourth-order valence-corrected chi connectivity index (χ4v) is 5.15. The molecule has 7 nitrogen and oxygen atoms in total.